The van der Waals surface area contributed by atoms with Crippen LogP contribution in [0.15, 0.2) is 8.80 Å². The molecule has 0 rings (SSSR count). The summed E-state index contributed by atoms with van der Waals surface area (Å²) in [7, 11) is -5.39. The average molecular weight is 312 g/mol. The van der Waals surface area contributed by atoms with Crippen LogP contribution in [0.1, 0.15) is 0 Å². The molecule has 15 heteroatoms. The minimum absolute atomic E-state index is 0. The van der Waals surface area contributed by atoms with Crippen LogP contribution in [-0.2, 0) is 23.7 Å². The first-order chi connectivity index (χ1) is 8.06. The average Bonchev–Trinajstić information content (AvgIpc) is 2.17. The van der Waals surface area contributed by atoms with Crippen molar-refractivity contribution in [2.75, 3.05) is 0 Å². The molecule has 3 N–H and O–H groups in total. The molecule has 0 saturated heterocycles. The second kappa shape index (κ2) is 16.7. The van der Waals surface area contributed by atoms with Crippen molar-refractivity contribution in [1.29, 1.82) is 0 Å². The summed E-state index contributed by atoms with van der Waals surface area (Å²) in [5.41, 5.74) is 0. The largest absolute Gasteiger partial charge is 1.00 e. The van der Waals surface area contributed by atoms with E-state index in [0.717, 1.165) is 0 Å². The number of hydrogen-bond donors (Lipinski definition) is 3. The number of hydrogen-bond acceptors (Lipinski definition) is 9. The number of carboxylic acid groups (broad SMARTS) is 2. The molecule has 0 spiro atoms. The van der Waals surface area contributed by atoms with Crippen LogP contribution in [0, 0.1) is 0 Å². The molecule has 1 unspecified atom stereocenters. The molecule has 0 saturated carbocycles. The smallest absolute Gasteiger partial charge is 0.753 e. The molecule has 0 aliphatic rings. The van der Waals surface area contributed by atoms with Crippen molar-refractivity contribution in [3.8, 4) is 0 Å². The molecule has 0 aromatic rings. The summed E-state index contributed by atoms with van der Waals surface area (Å²) in [6.45, 7) is 0. The summed E-state index contributed by atoms with van der Waals surface area (Å²) < 4.78 is 24.5. The van der Waals surface area contributed by atoms with Gasteiger partial charge in [0.1, 0.15) is 12.1 Å². The standard InChI is InChI=1S/C2N2O2S.C2H2O4.FH2O3P.Li/c5-1-3-7-4-2-6;3-1(4)2(5)6;1-5(2,3)4;/h;(H,3,4)(H,5,6);(H2,2,3,4);/q;;;+1/p-1. The van der Waals surface area contributed by atoms with E-state index in [2.05, 4.69) is 8.80 Å². The number of carboxylic acids is 2. The zero-order valence-electron chi connectivity index (χ0n) is 8.92. The van der Waals surface area contributed by atoms with Gasteiger partial charge >= 0.3 is 38.7 Å². The Morgan fingerprint density at radius 3 is 1.47 bits per heavy atom. The molecule has 11 nitrogen and oxygen atoms in total. The second-order valence-corrected chi connectivity index (χ2v) is 2.94. The summed E-state index contributed by atoms with van der Waals surface area (Å²) in [6, 6.07) is 0. The Kier molecular flexibility index (Phi) is 23.2. The Morgan fingerprint density at radius 1 is 1.16 bits per heavy atom. The van der Waals surface area contributed by atoms with Gasteiger partial charge in [0.15, 0.2) is 0 Å². The first kappa shape index (κ1) is 26.3. The van der Waals surface area contributed by atoms with Crippen molar-refractivity contribution >= 4 is 44.1 Å². The van der Waals surface area contributed by atoms with Gasteiger partial charge in [0.05, 0.1) is 0 Å². The molecule has 0 radical (unpaired) electrons. The zero-order valence-corrected chi connectivity index (χ0v) is 10.6. The van der Waals surface area contributed by atoms with Crippen molar-refractivity contribution in [1.82, 2.24) is 0 Å². The molecule has 1 atom stereocenters. The molecule has 0 aromatic carbocycles. The minimum atomic E-state index is -5.39. The molecule has 102 valence electrons. The van der Waals surface area contributed by atoms with Gasteiger partial charge in [-0.25, -0.2) is 19.2 Å². The molecular weight excluding hydrogens is 309 g/mol. The maximum absolute atomic E-state index is 10.2. The maximum atomic E-state index is 10.2. The fraction of sp³-hybridized carbons (Fsp3) is 0. The van der Waals surface area contributed by atoms with Crippen LogP contribution in [0.3, 0.4) is 0 Å². The molecular formula is C4H3FLiN2O9PS. The number of aliphatic carboxylic acids is 2. The number of rotatable bonds is 2. The first-order valence-corrected chi connectivity index (χ1v) is 5.26. The fourth-order valence-electron chi connectivity index (χ4n) is 0.0537. The van der Waals surface area contributed by atoms with Crippen molar-refractivity contribution in [3.05, 3.63) is 0 Å². The van der Waals surface area contributed by atoms with Gasteiger partial charge in [0.25, 0.3) is 0 Å². The van der Waals surface area contributed by atoms with E-state index in [1.165, 1.54) is 12.2 Å². The summed E-state index contributed by atoms with van der Waals surface area (Å²) in [5.74, 6) is -3.65. The normalized spacial score (nSPS) is 10.1. The number of carbonyl (C=O) groups is 2. The van der Waals surface area contributed by atoms with Crippen molar-refractivity contribution in [3.63, 3.8) is 0 Å². The van der Waals surface area contributed by atoms with Gasteiger partial charge in [0, 0.05) is 0 Å². The minimum Gasteiger partial charge on any atom is -0.753 e. The Hall–Kier alpha value is -1.27. The Bertz CT molecular complexity index is 378. The van der Waals surface area contributed by atoms with Gasteiger partial charge in [-0.2, -0.15) is 4.20 Å². The number of isocyanates is 2. The summed E-state index contributed by atoms with van der Waals surface area (Å²) in [4.78, 5) is 52.0. The third-order valence-corrected chi connectivity index (χ3v) is 0.652. The Balaban J connectivity index is -0.0000000878. The molecule has 0 amide bonds. The Morgan fingerprint density at radius 2 is 1.37 bits per heavy atom. The predicted molar refractivity (Wildman–Crippen MR) is 50.0 cm³/mol. The van der Waals surface area contributed by atoms with E-state index in [4.69, 9.17) is 34.2 Å². The molecule has 0 aromatic heterocycles. The fourth-order valence-corrected chi connectivity index (χ4v) is 0.161. The van der Waals surface area contributed by atoms with Crippen LogP contribution < -0.4 is 23.8 Å². The van der Waals surface area contributed by atoms with Gasteiger partial charge < -0.3 is 20.0 Å². The van der Waals surface area contributed by atoms with E-state index >= 15 is 0 Å². The molecule has 0 aliphatic carbocycles. The van der Waals surface area contributed by atoms with Gasteiger partial charge in [-0.05, 0) is 0 Å². The third-order valence-electron chi connectivity index (χ3n) is 0.339. The monoisotopic (exact) mass is 312 g/mol. The first-order valence-electron chi connectivity index (χ1n) is 3.06. The van der Waals surface area contributed by atoms with E-state index in [1.54, 1.807) is 0 Å². The SMILES string of the molecule is O=C(O)C(=O)O.O=C=NSN=C=O.O=P([O-])(O)F.[Li+]. The van der Waals surface area contributed by atoms with E-state index in [-0.39, 0.29) is 18.9 Å². The number of halogens is 1. The van der Waals surface area contributed by atoms with Gasteiger partial charge in [0.2, 0.25) is 12.2 Å². The van der Waals surface area contributed by atoms with Gasteiger partial charge in [-0.3, -0.25) is 4.57 Å². The van der Waals surface area contributed by atoms with Crippen LogP contribution >= 0.6 is 20.0 Å². The summed E-state index contributed by atoms with van der Waals surface area (Å²) >= 11 is 0.456. The van der Waals surface area contributed by atoms with E-state index in [1.807, 2.05) is 0 Å². The van der Waals surface area contributed by atoms with E-state index < -0.39 is 19.8 Å². The van der Waals surface area contributed by atoms with Crippen LogP contribution in [0.25, 0.3) is 0 Å². The van der Waals surface area contributed by atoms with Crippen molar-refractivity contribution in [2.24, 2.45) is 8.80 Å². The van der Waals surface area contributed by atoms with Gasteiger partial charge in [-0.1, -0.05) is 0 Å². The van der Waals surface area contributed by atoms with E-state index in [0.29, 0.717) is 12.1 Å². The Labute approximate surface area is 120 Å². The van der Waals surface area contributed by atoms with Gasteiger partial charge in [-0.15, -0.1) is 8.80 Å². The van der Waals surface area contributed by atoms with Crippen molar-refractivity contribution in [2.45, 2.75) is 0 Å². The van der Waals surface area contributed by atoms with E-state index in [9.17, 15) is 13.8 Å². The third kappa shape index (κ3) is 80.2. The van der Waals surface area contributed by atoms with Crippen LogP contribution in [0.4, 0.5) is 4.20 Å². The predicted octanol–water partition coefficient (Wildman–Crippen LogP) is -4.20. The zero-order chi connectivity index (χ0) is 15.2. The van der Waals surface area contributed by atoms with Crippen molar-refractivity contribution < 1.29 is 66.8 Å². The number of nitrogens with zero attached hydrogens (tertiary/aromatic N) is 2. The molecule has 0 bridgehead atoms. The van der Waals surface area contributed by atoms with Crippen LogP contribution in [0.5, 0.6) is 0 Å². The maximum Gasteiger partial charge on any atom is 1.00 e. The molecule has 0 heterocycles. The molecule has 0 aliphatic heterocycles. The molecule has 19 heavy (non-hydrogen) atoms. The summed E-state index contributed by atoms with van der Waals surface area (Å²) in [6.07, 6.45) is 2.34. The molecule has 0 fully saturated rings. The number of carbonyl (C=O) groups excluding carboxylic acids is 2. The van der Waals surface area contributed by atoms with Crippen LogP contribution in [0.2, 0.25) is 0 Å². The van der Waals surface area contributed by atoms with Crippen LogP contribution in [-0.4, -0.2) is 39.2 Å². The topological polar surface area (TPSA) is 194 Å². The second-order valence-electron chi connectivity index (χ2n) is 1.51. The summed E-state index contributed by atoms with van der Waals surface area (Å²) in [5, 5.41) is 14.8. The quantitative estimate of drug-likeness (QED) is 0.112.